The highest BCUT2D eigenvalue weighted by Crippen LogP contribution is 2.52. The molecule has 21 heavy (non-hydrogen) atoms. The summed E-state index contributed by atoms with van der Waals surface area (Å²) in [5.74, 6) is 6.89. The van der Waals surface area contributed by atoms with E-state index in [1.807, 2.05) is 0 Å². The Morgan fingerprint density at radius 3 is 2.43 bits per heavy atom. The number of nitrogens with two attached hydrogens (primary N) is 1. The standard InChI is InChI=1S/C16H23NO4/c17-14(16(19)20)8-5-9-15(18)21-10-13-11-6-3-1-2-4-7-12(11)13/h11-14H,3-10,17H2,(H,19,20)/t11-,12+,13?,14-/m0/s1. The van der Waals surface area contributed by atoms with Gasteiger partial charge in [0.05, 0.1) is 6.61 Å². The van der Waals surface area contributed by atoms with Gasteiger partial charge in [0.1, 0.15) is 6.04 Å². The Kier molecular flexibility index (Phi) is 5.63. The van der Waals surface area contributed by atoms with E-state index in [0.29, 0.717) is 37.2 Å². The molecular weight excluding hydrogens is 270 g/mol. The van der Waals surface area contributed by atoms with Gasteiger partial charge in [-0.2, -0.15) is 0 Å². The van der Waals surface area contributed by atoms with Crippen LogP contribution in [0.1, 0.15) is 44.9 Å². The Hall–Kier alpha value is -1.54. The molecule has 1 saturated carbocycles. The van der Waals surface area contributed by atoms with Gasteiger partial charge < -0.3 is 15.6 Å². The van der Waals surface area contributed by atoms with Crippen LogP contribution < -0.4 is 5.73 Å². The summed E-state index contributed by atoms with van der Waals surface area (Å²) < 4.78 is 5.31. The van der Waals surface area contributed by atoms with E-state index in [0.717, 1.165) is 25.7 Å². The predicted molar refractivity (Wildman–Crippen MR) is 77.1 cm³/mol. The van der Waals surface area contributed by atoms with Gasteiger partial charge in [0.2, 0.25) is 0 Å². The van der Waals surface area contributed by atoms with Gasteiger partial charge in [-0.05, 0) is 43.4 Å². The van der Waals surface area contributed by atoms with E-state index in [1.54, 1.807) is 0 Å². The Labute approximate surface area is 125 Å². The first kappa shape index (κ1) is 15.8. The van der Waals surface area contributed by atoms with Gasteiger partial charge in [-0.3, -0.25) is 9.59 Å². The quantitative estimate of drug-likeness (QED) is 0.549. The monoisotopic (exact) mass is 293 g/mol. The second-order valence-corrected chi connectivity index (χ2v) is 5.94. The molecule has 2 aliphatic carbocycles. The fourth-order valence-corrected chi connectivity index (χ4v) is 3.13. The average Bonchev–Trinajstić information content (AvgIpc) is 3.06. The maximum atomic E-state index is 11.6. The highest BCUT2D eigenvalue weighted by Gasteiger charge is 2.49. The minimum atomic E-state index is -1.03. The molecule has 1 unspecified atom stereocenters. The van der Waals surface area contributed by atoms with Gasteiger partial charge in [-0.1, -0.05) is 0 Å². The van der Waals surface area contributed by atoms with E-state index < -0.39 is 12.0 Å². The summed E-state index contributed by atoms with van der Waals surface area (Å²) in [6.45, 7) is 0.499. The fourth-order valence-electron chi connectivity index (χ4n) is 3.13. The van der Waals surface area contributed by atoms with E-state index >= 15 is 0 Å². The van der Waals surface area contributed by atoms with E-state index in [4.69, 9.17) is 15.6 Å². The zero-order valence-electron chi connectivity index (χ0n) is 12.2. The smallest absolute Gasteiger partial charge is 0.320 e. The number of carbonyl (C=O) groups is 2. The summed E-state index contributed by atoms with van der Waals surface area (Å²) in [5, 5.41) is 8.64. The molecule has 1 fully saturated rings. The highest BCUT2D eigenvalue weighted by atomic mass is 16.5. The summed E-state index contributed by atoms with van der Waals surface area (Å²) in [6, 6.07) is -0.892. The number of hydrogen-bond acceptors (Lipinski definition) is 4. The molecule has 0 spiro atoms. The Morgan fingerprint density at radius 1 is 1.24 bits per heavy atom. The van der Waals surface area contributed by atoms with Gasteiger partial charge in [-0.25, -0.2) is 0 Å². The Balaban J connectivity index is 1.59. The molecule has 0 aromatic heterocycles. The van der Waals surface area contributed by atoms with E-state index in [9.17, 15) is 9.59 Å². The van der Waals surface area contributed by atoms with Crippen LogP contribution in [0.3, 0.4) is 0 Å². The highest BCUT2D eigenvalue weighted by molar-refractivity contribution is 5.73. The number of carboxylic acid groups (broad SMARTS) is 1. The molecule has 0 amide bonds. The van der Waals surface area contributed by atoms with Crippen LogP contribution in [0.15, 0.2) is 0 Å². The summed E-state index contributed by atoms with van der Waals surface area (Å²) in [6.07, 6.45) is 5.15. The molecule has 0 heterocycles. The Bertz CT molecular complexity index is 433. The zero-order chi connectivity index (χ0) is 15.2. The molecule has 0 saturated heterocycles. The second kappa shape index (κ2) is 7.46. The number of hydrogen-bond donors (Lipinski definition) is 2. The SMILES string of the molecule is N[C@@H](CCCC(=O)OCC1[C@H]2CCC#CCC[C@@H]12)C(=O)O. The lowest BCUT2D eigenvalue weighted by molar-refractivity contribution is -0.145. The van der Waals surface area contributed by atoms with Crippen LogP contribution in [-0.2, 0) is 14.3 Å². The van der Waals surface area contributed by atoms with Gasteiger partial charge >= 0.3 is 11.9 Å². The first-order valence-corrected chi connectivity index (χ1v) is 7.69. The molecule has 0 aliphatic heterocycles. The third kappa shape index (κ3) is 4.75. The van der Waals surface area contributed by atoms with Crippen molar-refractivity contribution >= 4 is 11.9 Å². The van der Waals surface area contributed by atoms with Crippen LogP contribution in [0.2, 0.25) is 0 Å². The molecule has 0 radical (unpaired) electrons. The van der Waals surface area contributed by atoms with Crippen molar-refractivity contribution in [1.29, 1.82) is 0 Å². The summed E-state index contributed by atoms with van der Waals surface area (Å²) in [4.78, 5) is 22.2. The van der Waals surface area contributed by atoms with Crippen molar-refractivity contribution in [2.45, 2.75) is 51.0 Å². The predicted octanol–water partition coefficient (Wildman–Crippen LogP) is 1.55. The van der Waals surface area contributed by atoms with Crippen molar-refractivity contribution < 1.29 is 19.4 Å². The van der Waals surface area contributed by atoms with E-state index in [-0.39, 0.29) is 12.4 Å². The lowest BCUT2D eigenvalue weighted by Gasteiger charge is -2.06. The molecule has 116 valence electrons. The number of fused-ring (bicyclic) bond motifs is 1. The molecule has 0 aromatic rings. The largest absolute Gasteiger partial charge is 0.480 e. The Morgan fingerprint density at radius 2 is 1.86 bits per heavy atom. The number of carboxylic acids is 1. The zero-order valence-corrected chi connectivity index (χ0v) is 12.2. The third-order valence-corrected chi connectivity index (χ3v) is 4.49. The van der Waals surface area contributed by atoms with Crippen LogP contribution >= 0.6 is 0 Å². The van der Waals surface area contributed by atoms with Crippen molar-refractivity contribution in [3.63, 3.8) is 0 Å². The van der Waals surface area contributed by atoms with Crippen molar-refractivity contribution in [2.24, 2.45) is 23.5 Å². The fraction of sp³-hybridized carbons (Fsp3) is 0.750. The number of rotatable bonds is 7. The van der Waals surface area contributed by atoms with Gasteiger partial charge in [0, 0.05) is 19.3 Å². The minimum absolute atomic E-state index is 0.242. The van der Waals surface area contributed by atoms with Crippen LogP contribution in [0.25, 0.3) is 0 Å². The number of esters is 1. The van der Waals surface area contributed by atoms with E-state index in [1.165, 1.54) is 0 Å². The van der Waals surface area contributed by atoms with Crippen LogP contribution in [-0.4, -0.2) is 29.7 Å². The molecule has 5 nitrogen and oxygen atoms in total. The third-order valence-electron chi connectivity index (χ3n) is 4.49. The molecule has 2 rings (SSSR count). The maximum absolute atomic E-state index is 11.6. The first-order chi connectivity index (χ1) is 10.1. The molecule has 3 N–H and O–H groups in total. The summed E-state index contributed by atoms with van der Waals surface area (Å²) in [5.41, 5.74) is 5.38. The number of ether oxygens (including phenoxy) is 1. The maximum Gasteiger partial charge on any atom is 0.320 e. The number of aliphatic carboxylic acids is 1. The minimum Gasteiger partial charge on any atom is -0.480 e. The molecule has 4 atom stereocenters. The van der Waals surface area contributed by atoms with Crippen LogP contribution in [0, 0.1) is 29.6 Å². The topological polar surface area (TPSA) is 89.6 Å². The molecule has 2 aliphatic rings. The molecule has 5 heteroatoms. The average molecular weight is 293 g/mol. The van der Waals surface area contributed by atoms with Gasteiger partial charge in [-0.15, -0.1) is 11.8 Å². The lowest BCUT2D eigenvalue weighted by Crippen LogP contribution is -2.30. The van der Waals surface area contributed by atoms with Crippen molar-refractivity contribution in [3.05, 3.63) is 0 Å². The molecule has 0 bridgehead atoms. The van der Waals surface area contributed by atoms with Crippen LogP contribution in [0.5, 0.6) is 0 Å². The van der Waals surface area contributed by atoms with Crippen molar-refractivity contribution in [1.82, 2.24) is 0 Å². The van der Waals surface area contributed by atoms with Crippen LogP contribution in [0.4, 0.5) is 0 Å². The summed E-state index contributed by atoms with van der Waals surface area (Å²) >= 11 is 0. The second-order valence-electron chi connectivity index (χ2n) is 5.94. The van der Waals surface area contributed by atoms with Gasteiger partial charge in [0.15, 0.2) is 0 Å². The normalized spacial score (nSPS) is 28.1. The number of carbonyl (C=O) groups excluding carboxylic acids is 1. The molecular formula is C16H23NO4. The lowest BCUT2D eigenvalue weighted by atomic mass is 10.1. The molecule has 0 aromatic carbocycles. The van der Waals surface area contributed by atoms with Crippen molar-refractivity contribution in [2.75, 3.05) is 6.61 Å². The summed E-state index contributed by atoms with van der Waals surface area (Å²) in [7, 11) is 0. The first-order valence-electron chi connectivity index (χ1n) is 7.69. The van der Waals surface area contributed by atoms with Gasteiger partial charge in [0.25, 0.3) is 0 Å². The van der Waals surface area contributed by atoms with Crippen molar-refractivity contribution in [3.8, 4) is 11.8 Å². The van der Waals surface area contributed by atoms with E-state index in [2.05, 4.69) is 11.8 Å².